The van der Waals surface area contributed by atoms with Crippen molar-refractivity contribution < 1.29 is 19.7 Å². The smallest absolute Gasteiger partial charge is 0.293 e. The lowest BCUT2D eigenvalue weighted by atomic mass is 10.1. The van der Waals surface area contributed by atoms with Gasteiger partial charge in [-0.3, -0.25) is 4.79 Å². The number of hydrogen-bond acceptors (Lipinski definition) is 4. The minimum absolute atomic E-state index is 0.0686. The van der Waals surface area contributed by atoms with E-state index in [0.29, 0.717) is 25.7 Å². The van der Waals surface area contributed by atoms with Crippen LogP contribution in [0.4, 0.5) is 0 Å². The molecule has 64 valence electrons. The highest BCUT2D eigenvalue weighted by Gasteiger charge is 2.48. The first-order valence-corrected chi connectivity index (χ1v) is 3.65. The second kappa shape index (κ2) is 3.19. The van der Waals surface area contributed by atoms with Crippen LogP contribution in [0.2, 0.25) is 0 Å². The van der Waals surface area contributed by atoms with Crippen LogP contribution < -0.4 is 0 Å². The van der Waals surface area contributed by atoms with Gasteiger partial charge in [0.1, 0.15) is 11.7 Å². The fraction of sp³-hybridized carbons (Fsp3) is 0.857. The van der Waals surface area contributed by atoms with E-state index < -0.39 is 11.7 Å². The molecule has 0 aliphatic heterocycles. The Bertz CT molecular complexity index is 141. The number of aliphatic hydroxyl groups excluding tert-OH is 1. The summed E-state index contributed by atoms with van der Waals surface area (Å²) < 4.78 is 4.62. The molecule has 0 amide bonds. The summed E-state index contributed by atoms with van der Waals surface area (Å²) in [5.74, 6) is 0. The molecule has 0 spiro atoms. The Labute approximate surface area is 64.8 Å². The zero-order valence-corrected chi connectivity index (χ0v) is 6.19. The molecule has 1 aliphatic carbocycles. The second-order valence-corrected chi connectivity index (χ2v) is 2.84. The van der Waals surface area contributed by atoms with Crippen LogP contribution >= 0.6 is 0 Å². The van der Waals surface area contributed by atoms with E-state index >= 15 is 0 Å². The minimum atomic E-state index is -0.844. The Balaban J connectivity index is 2.38. The van der Waals surface area contributed by atoms with Gasteiger partial charge >= 0.3 is 0 Å². The lowest BCUT2D eigenvalue weighted by Crippen LogP contribution is -2.31. The maximum atomic E-state index is 9.95. The average Bonchev–Trinajstić information content (AvgIpc) is 2.69. The van der Waals surface area contributed by atoms with Crippen molar-refractivity contribution in [3.63, 3.8) is 0 Å². The number of rotatable bonds is 5. The van der Waals surface area contributed by atoms with E-state index in [9.17, 15) is 9.90 Å². The number of aliphatic hydroxyl groups is 2. The van der Waals surface area contributed by atoms with Crippen molar-refractivity contribution in [3.05, 3.63) is 0 Å². The minimum Gasteiger partial charge on any atom is -0.461 e. The summed E-state index contributed by atoms with van der Waals surface area (Å²) in [4.78, 5) is 9.95. The summed E-state index contributed by atoms with van der Waals surface area (Å²) in [6.45, 7) is 0.247. The quantitative estimate of drug-likeness (QED) is 0.529. The van der Waals surface area contributed by atoms with Gasteiger partial charge in [0.05, 0.1) is 0 Å². The van der Waals surface area contributed by atoms with Crippen LogP contribution in [0.5, 0.6) is 0 Å². The monoisotopic (exact) mass is 160 g/mol. The molecule has 0 saturated heterocycles. The molecule has 0 radical (unpaired) electrons. The van der Waals surface area contributed by atoms with Gasteiger partial charge < -0.3 is 14.9 Å². The van der Waals surface area contributed by atoms with E-state index in [1.807, 2.05) is 0 Å². The van der Waals surface area contributed by atoms with Gasteiger partial charge in [-0.15, -0.1) is 0 Å². The highest BCUT2D eigenvalue weighted by atomic mass is 16.5. The van der Waals surface area contributed by atoms with Crippen molar-refractivity contribution in [2.24, 2.45) is 0 Å². The standard InChI is InChI=1S/C7H12O4/c8-4-1-6(11-5-9)7(10)2-3-7/h5-6,8,10H,1-4H2. The molecule has 1 saturated carbocycles. The van der Waals surface area contributed by atoms with Gasteiger partial charge in [-0.05, 0) is 12.8 Å². The van der Waals surface area contributed by atoms with Crippen molar-refractivity contribution in [2.75, 3.05) is 6.61 Å². The predicted octanol–water partition coefficient (Wildman–Crippen LogP) is -0.565. The van der Waals surface area contributed by atoms with E-state index in [4.69, 9.17) is 5.11 Å². The molecule has 0 aromatic carbocycles. The Morgan fingerprint density at radius 1 is 1.64 bits per heavy atom. The van der Waals surface area contributed by atoms with Crippen molar-refractivity contribution in [1.82, 2.24) is 0 Å². The maximum Gasteiger partial charge on any atom is 0.293 e. The van der Waals surface area contributed by atoms with Gasteiger partial charge in [0, 0.05) is 13.0 Å². The summed E-state index contributed by atoms with van der Waals surface area (Å²) in [6, 6.07) is 0. The van der Waals surface area contributed by atoms with Crippen molar-refractivity contribution in [2.45, 2.75) is 31.0 Å². The van der Waals surface area contributed by atoms with Gasteiger partial charge in [-0.1, -0.05) is 0 Å². The highest BCUT2D eigenvalue weighted by molar-refractivity contribution is 5.38. The number of hydrogen-bond donors (Lipinski definition) is 2. The molecular formula is C7H12O4. The Morgan fingerprint density at radius 3 is 2.64 bits per heavy atom. The predicted molar refractivity (Wildman–Crippen MR) is 36.8 cm³/mol. The lowest BCUT2D eigenvalue weighted by Gasteiger charge is -2.18. The van der Waals surface area contributed by atoms with Crippen LogP contribution in [0.3, 0.4) is 0 Å². The van der Waals surface area contributed by atoms with Crippen LogP contribution in [-0.4, -0.2) is 35.0 Å². The molecular weight excluding hydrogens is 148 g/mol. The average molecular weight is 160 g/mol. The summed E-state index contributed by atoms with van der Waals surface area (Å²) >= 11 is 0. The third kappa shape index (κ3) is 1.91. The summed E-state index contributed by atoms with van der Waals surface area (Å²) in [6.07, 6.45) is 1.11. The first kappa shape index (κ1) is 8.49. The second-order valence-electron chi connectivity index (χ2n) is 2.84. The molecule has 1 atom stereocenters. The van der Waals surface area contributed by atoms with E-state index in [1.165, 1.54) is 0 Å². The van der Waals surface area contributed by atoms with Gasteiger partial charge in [0.25, 0.3) is 6.47 Å². The SMILES string of the molecule is O=COC(CCO)C1(O)CC1. The Hall–Kier alpha value is -0.610. The maximum absolute atomic E-state index is 9.95. The van der Waals surface area contributed by atoms with E-state index in [-0.39, 0.29) is 6.61 Å². The van der Waals surface area contributed by atoms with Gasteiger partial charge in [0.2, 0.25) is 0 Å². The highest BCUT2D eigenvalue weighted by Crippen LogP contribution is 2.40. The molecule has 4 heteroatoms. The normalized spacial score (nSPS) is 22.4. The number of ether oxygens (including phenoxy) is 1. The topological polar surface area (TPSA) is 66.8 Å². The molecule has 1 rings (SSSR count). The number of carbonyl (C=O) groups is 1. The zero-order valence-electron chi connectivity index (χ0n) is 6.19. The largest absolute Gasteiger partial charge is 0.461 e. The summed E-state index contributed by atoms with van der Waals surface area (Å²) in [7, 11) is 0. The summed E-state index contributed by atoms with van der Waals surface area (Å²) in [5.41, 5.74) is -0.844. The van der Waals surface area contributed by atoms with Crippen molar-refractivity contribution >= 4 is 6.47 Å². The Morgan fingerprint density at radius 2 is 2.27 bits per heavy atom. The first-order chi connectivity index (χ1) is 5.23. The van der Waals surface area contributed by atoms with Gasteiger partial charge in [-0.25, -0.2) is 0 Å². The third-order valence-electron chi connectivity index (χ3n) is 1.97. The first-order valence-electron chi connectivity index (χ1n) is 3.65. The van der Waals surface area contributed by atoms with E-state index in [1.54, 1.807) is 0 Å². The van der Waals surface area contributed by atoms with Crippen LogP contribution in [0.25, 0.3) is 0 Å². The van der Waals surface area contributed by atoms with Crippen LogP contribution in [-0.2, 0) is 9.53 Å². The fourth-order valence-corrected chi connectivity index (χ4v) is 1.10. The molecule has 1 unspecified atom stereocenters. The van der Waals surface area contributed by atoms with E-state index in [0.717, 1.165) is 0 Å². The molecule has 4 nitrogen and oxygen atoms in total. The molecule has 11 heavy (non-hydrogen) atoms. The summed E-state index contributed by atoms with van der Waals surface area (Å²) in [5, 5.41) is 18.0. The van der Waals surface area contributed by atoms with Crippen molar-refractivity contribution in [1.29, 1.82) is 0 Å². The lowest BCUT2D eigenvalue weighted by molar-refractivity contribution is -0.142. The molecule has 0 bridgehead atoms. The van der Waals surface area contributed by atoms with Gasteiger partial charge in [-0.2, -0.15) is 0 Å². The number of carbonyl (C=O) groups excluding carboxylic acids is 1. The molecule has 2 N–H and O–H groups in total. The molecule has 0 aromatic heterocycles. The van der Waals surface area contributed by atoms with Crippen LogP contribution in [0.15, 0.2) is 0 Å². The van der Waals surface area contributed by atoms with E-state index in [2.05, 4.69) is 4.74 Å². The molecule has 1 fully saturated rings. The molecule has 0 aromatic rings. The fourth-order valence-electron chi connectivity index (χ4n) is 1.10. The molecule has 0 heterocycles. The zero-order chi connectivity index (χ0) is 8.32. The van der Waals surface area contributed by atoms with Crippen molar-refractivity contribution in [3.8, 4) is 0 Å². The van der Waals surface area contributed by atoms with Crippen LogP contribution in [0, 0.1) is 0 Å². The third-order valence-corrected chi connectivity index (χ3v) is 1.97. The van der Waals surface area contributed by atoms with Crippen LogP contribution in [0.1, 0.15) is 19.3 Å². The molecule has 1 aliphatic rings. The Kier molecular flexibility index (Phi) is 2.46. The van der Waals surface area contributed by atoms with Gasteiger partial charge in [0.15, 0.2) is 0 Å².